The highest BCUT2D eigenvalue weighted by Crippen LogP contribution is 2.27. The molecule has 0 bridgehead atoms. The molecule has 0 rings (SSSR count). The van der Waals surface area contributed by atoms with Crippen LogP contribution in [-0.2, 0) is 4.74 Å². The first kappa shape index (κ1) is 16.1. The van der Waals surface area contributed by atoms with Gasteiger partial charge in [0, 0.05) is 13.0 Å². The van der Waals surface area contributed by atoms with Gasteiger partial charge in [-0.25, -0.2) is 13.6 Å². The molecule has 0 N–H and O–H groups in total. The van der Waals surface area contributed by atoms with Crippen molar-refractivity contribution in [3.63, 3.8) is 0 Å². The van der Waals surface area contributed by atoms with Gasteiger partial charge in [-0.3, -0.25) is 0 Å². The van der Waals surface area contributed by atoms with Gasteiger partial charge in [-0.1, -0.05) is 13.8 Å². The first-order chi connectivity index (χ1) is 7.49. The first-order valence-electron chi connectivity index (χ1n) is 5.81. The van der Waals surface area contributed by atoms with E-state index in [2.05, 4.69) is 0 Å². The number of amides is 1. The van der Waals surface area contributed by atoms with Gasteiger partial charge >= 0.3 is 6.09 Å². The van der Waals surface area contributed by atoms with Crippen LogP contribution in [-0.4, -0.2) is 36.1 Å². The maximum atomic E-state index is 13.6. The maximum absolute atomic E-state index is 13.6. The van der Waals surface area contributed by atoms with E-state index >= 15 is 0 Å². The van der Waals surface area contributed by atoms with Gasteiger partial charge in [-0.2, -0.15) is 0 Å². The molecular formula is C12H23F2NO2. The second-order valence-electron chi connectivity index (χ2n) is 5.41. The summed E-state index contributed by atoms with van der Waals surface area (Å²) in [6.07, 6.45) is -0.352. The van der Waals surface area contributed by atoms with Crippen LogP contribution in [0.5, 0.6) is 0 Å². The summed E-state index contributed by atoms with van der Waals surface area (Å²) < 4.78 is 32.2. The minimum atomic E-state index is -2.89. The molecular weight excluding hydrogens is 228 g/mol. The van der Waals surface area contributed by atoms with Crippen LogP contribution in [0.1, 0.15) is 41.0 Å². The molecule has 0 saturated carbocycles. The van der Waals surface area contributed by atoms with E-state index in [-0.39, 0.29) is 0 Å². The van der Waals surface area contributed by atoms with Crippen molar-refractivity contribution in [1.82, 2.24) is 4.90 Å². The third kappa shape index (κ3) is 5.84. The van der Waals surface area contributed by atoms with Gasteiger partial charge in [0.15, 0.2) is 0 Å². The van der Waals surface area contributed by atoms with E-state index in [9.17, 15) is 13.6 Å². The van der Waals surface area contributed by atoms with Gasteiger partial charge in [-0.05, 0) is 27.2 Å². The quantitative estimate of drug-likeness (QED) is 0.765. The second-order valence-corrected chi connectivity index (χ2v) is 5.41. The molecule has 0 radical (unpaired) electrons. The Morgan fingerprint density at radius 3 is 2.18 bits per heavy atom. The van der Waals surface area contributed by atoms with E-state index in [0.29, 0.717) is 6.42 Å². The molecule has 1 amide bonds. The fraction of sp³-hybridized carbons (Fsp3) is 0.917. The number of hydrogen-bond acceptors (Lipinski definition) is 2. The predicted octanol–water partition coefficient (Wildman–Crippen LogP) is 3.53. The lowest BCUT2D eigenvalue weighted by atomic mass is 10.0. The zero-order valence-corrected chi connectivity index (χ0v) is 11.5. The molecule has 0 aliphatic carbocycles. The molecule has 0 aromatic rings. The van der Waals surface area contributed by atoms with Crippen molar-refractivity contribution < 1.29 is 18.3 Å². The molecule has 0 heterocycles. The Labute approximate surface area is 102 Å². The molecule has 17 heavy (non-hydrogen) atoms. The average molecular weight is 251 g/mol. The lowest BCUT2D eigenvalue weighted by molar-refractivity contribution is -0.0755. The van der Waals surface area contributed by atoms with Crippen LogP contribution >= 0.6 is 0 Å². The number of nitrogens with zero attached hydrogens (tertiary/aromatic N) is 1. The van der Waals surface area contributed by atoms with Gasteiger partial charge in [0.1, 0.15) is 5.60 Å². The van der Waals surface area contributed by atoms with E-state index in [4.69, 9.17) is 4.74 Å². The van der Waals surface area contributed by atoms with Crippen LogP contribution < -0.4 is 0 Å². The van der Waals surface area contributed by atoms with Crippen LogP contribution in [0.15, 0.2) is 0 Å². The van der Waals surface area contributed by atoms with Gasteiger partial charge in [-0.15, -0.1) is 0 Å². The van der Waals surface area contributed by atoms with Crippen molar-refractivity contribution in [1.29, 1.82) is 0 Å². The third-order valence-corrected chi connectivity index (χ3v) is 2.49. The average Bonchev–Trinajstić information content (AvgIpc) is 2.12. The highest BCUT2D eigenvalue weighted by atomic mass is 19.3. The van der Waals surface area contributed by atoms with Crippen LogP contribution in [0.4, 0.5) is 13.6 Å². The monoisotopic (exact) mass is 251 g/mol. The summed E-state index contributed by atoms with van der Waals surface area (Å²) in [5, 5.41) is 0. The molecule has 5 heteroatoms. The summed E-state index contributed by atoms with van der Waals surface area (Å²) in [6.45, 7) is 7.66. The normalized spacial score (nSPS) is 14.4. The highest BCUT2D eigenvalue weighted by molar-refractivity contribution is 5.67. The van der Waals surface area contributed by atoms with Crippen molar-refractivity contribution in [3.05, 3.63) is 0 Å². The highest BCUT2D eigenvalue weighted by Gasteiger charge is 2.38. The van der Waals surface area contributed by atoms with Gasteiger partial charge in [0.05, 0.1) is 6.54 Å². The Morgan fingerprint density at radius 1 is 1.35 bits per heavy atom. The molecule has 102 valence electrons. The zero-order valence-electron chi connectivity index (χ0n) is 11.5. The fourth-order valence-corrected chi connectivity index (χ4v) is 1.18. The van der Waals surface area contributed by atoms with E-state index in [1.165, 1.54) is 14.0 Å². The van der Waals surface area contributed by atoms with Crippen LogP contribution in [0.25, 0.3) is 0 Å². The lowest BCUT2D eigenvalue weighted by Crippen LogP contribution is -2.43. The summed E-state index contributed by atoms with van der Waals surface area (Å²) >= 11 is 0. The molecule has 0 spiro atoms. The van der Waals surface area contributed by atoms with E-state index in [1.807, 2.05) is 0 Å². The Morgan fingerprint density at radius 2 is 1.82 bits per heavy atom. The van der Waals surface area contributed by atoms with Crippen LogP contribution in [0.2, 0.25) is 0 Å². The molecule has 0 aliphatic rings. The lowest BCUT2D eigenvalue weighted by Gasteiger charge is -2.29. The van der Waals surface area contributed by atoms with Gasteiger partial charge < -0.3 is 9.64 Å². The van der Waals surface area contributed by atoms with Crippen molar-refractivity contribution >= 4 is 6.09 Å². The van der Waals surface area contributed by atoms with E-state index in [1.54, 1.807) is 27.7 Å². The summed E-state index contributed by atoms with van der Waals surface area (Å²) in [7, 11) is 1.32. The number of rotatable bonds is 4. The SMILES string of the molecule is CCC(C)C(F)(F)CN(C)C(=O)OC(C)(C)C. The van der Waals surface area contributed by atoms with E-state index < -0.39 is 30.1 Å². The largest absolute Gasteiger partial charge is 0.444 e. The standard InChI is InChI=1S/C12H23F2NO2/c1-7-9(2)12(13,14)8-15(6)10(16)17-11(3,4)5/h9H,7-8H2,1-6H3. The molecule has 0 aliphatic heterocycles. The second kappa shape index (κ2) is 5.65. The molecule has 0 saturated heterocycles. The van der Waals surface area contributed by atoms with Gasteiger partial charge in [0.2, 0.25) is 0 Å². The molecule has 1 unspecified atom stereocenters. The summed E-state index contributed by atoms with van der Waals surface area (Å²) in [5.74, 6) is -3.65. The molecule has 0 aromatic carbocycles. The smallest absolute Gasteiger partial charge is 0.410 e. The summed E-state index contributed by atoms with van der Waals surface area (Å²) in [4.78, 5) is 12.4. The number of alkyl halides is 2. The van der Waals surface area contributed by atoms with Gasteiger partial charge in [0.25, 0.3) is 5.92 Å². The molecule has 0 aromatic heterocycles. The van der Waals surface area contributed by atoms with Crippen molar-refractivity contribution in [2.45, 2.75) is 52.6 Å². The summed E-state index contributed by atoms with van der Waals surface area (Å²) in [6, 6.07) is 0. The van der Waals surface area contributed by atoms with Crippen LogP contribution in [0, 0.1) is 5.92 Å². The number of hydrogen-bond donors (Lipinski definition) is 0. The third-order valence-electron chi connectivity index (χ3n) is 2.49. The maximum Gasteiger partial charge on any atom is 0.410 e. The predicted molar refractivity (Wildman–Crippen MR) is 63.3 cm³/mol. The van der Waals surface area contributed by atoms with Crippen molar-refractivity contribution in [2.75, 3.05) is 13.6 Å². The summed E-state index contributed by atoms with van der Waals surface area (Å²) in [5.41, 5.74) is -0.670. The Balaban J connectivity index is 4.44. The first-order valence-corrected chi connectivity index (χ1v) is 5.81. The van der Waals surface area contributed by atoms with Crippen molar-refractivity contribution in [3.8, 4) is 0 Å². The Kier molecular flexibility index (Phi) is 5.36. The topological polar surface area (TPSA) is 29.5 Å². The van der Waals surface area contributed by atoms with Crippen molar-refractivity contribution in [2.24, 2.45) is 5.92 Å². The minimum absolute atomic E-state index is 0.370. The van der Waals surface area contributed by atoms with Crippen LogP contribution in [0.3, 0.4) is 0 Å². The molecule has 3 nitrogen and oxygen atoms in total. The Hall–Kier alpha value is -0.870. The Bertz CT molecular complexity index is 262. The number of ether oxygens (including phenoxy) is 1. The zero-order chi connectivity index (χ0) is 13.9. The fourth-order valence-electron chi connectivity index (χ4n) is 1.18. The minimum Gasteiger partial charge on any atom is -0.444 e. The number of carbonyl (C=O) groups excluding carboxylic acids is 1. The molecule has 1 atom stereocenters. The molecule has 0 fully saturated rings. The van der Waals surface area contributed by atoms with E-state index in [0.717, 1.165) is 4.90 Å². The number of halogens is 2. The number of carbonyl (C=O) groups is 1.